The number of halogens is 1. The van der Waals surface area contributed by atoms with E-state index >= 15 is 0 Å². The van der Waals surface area contributed by atoms with Crippen LogP contribution in [0.3, 0.4) is 0 Å². The van der Waals surface area contributed by atoms with Gasteiger partial charge in [-0.25, -0.2) is 4.79 Å². The zero-order valence-corrected chi connectivity index (χ0v) is 14.1. The summed E-state index contributed by atoms with van der Waals surface area (Å²) in [5.41, 5.74) is 3.75. The first-order chi connectivity index (χ1) is 11.5. The monoisotopic (exact) mass is 343 g/mol. The van der Waals surface area contributed by atoms with E-state index in [0.717, 1.165) is 29.8 Å². The van der Waals surface area contributed by atoms with E-state index < -0.39 is 0 Å². The molecule has 0 saturated heterocycles. The minimum atomic E-state index is -0.289. The van der Waals surface area contributed by atoms with Crippen molar-refractivity contribution in [3.63, 3.8) is 0 Å². The molecule has 2 aromatic carbocycles. The molecule has 0 bridgehead atoms. The average Bonchev–Trinajstić information content (AvgIpc) is 2.96. The van der Waals surface area contributed by atoms with Gasteiger partial charge in [0.2, 0.25) is 5.91 Å². The second-order valence-electron chi connectivity index (χ2n) is 5.70. The van der Waals surface area contributed by atoms with Crippen molar-refractivity contribution < 1.29 is 9.59 Å². The maximum Gasteiger partial charge on any atom is 0.319 e. The zero-order valence-electron chi connectivity index (χ0n) is 13.3. The molecule has 0 aromatic heterocycles. The van der Waals surface area contributed by atoms with Gasteiger partial charge in [0, 0.05) is 36.4 Å². The number of nitrogens with one attached hydrogen (secondary N) is 2. The van der Waals surface area contributed by atoms with Crippen LogP contribution < -0.4 is 15.5 Å². The first kappa shape index (κ1) is 16.3. The Morgan fingerprint density at radius 2 is 2.04 bits per heavy atom. The second kappa shape index (κ2) is 6.93. The third-order valence-corrected chi connectivity index (χ3v) is 4.19. The summed E-state index contributed by atoms with van der Waals surface area (Å²) in [6.45, 7) is 2.71. The predicted molar refractivity (Wildman–Crippen MR) is 95.5 cm³/mol. The van der Waals surface area contributed by atoms with E-state index in [1.807, 2.05) is 18.2 Å². The Labute approximate surface area is 145 Å². The van der Waals surface area contributed by atoms with Crippen molar-refractivity contribution in [2.24, 2.45) is 0 Å². The maximum absolute atomic E-state index is 12.0. The number of benzene rings is 2. The molecule has 0 spiro atoms. The molecular formula is C18H18ClN3O2. The Kier molecular flexibility index (Phi) is 4.71. The number of urea groups is 1. The highest BCUT2D eigenvalue weighted by molar-refractivity contribution is 6.30. The number of hydrogen-bond acceptors (Lipinski definition) is 2. The molecule has 3 rings (SSSR count). The summed E-state index contributed by atoms with van der Waals surface area (Å²) in [4.78, 5) is 25.3. The van der Waals surface area contributed by atoms with E-state index in [1.165, 1.54) is 0 Å². The van der Waals surface area contributed by atoms with Gasteiger partial charge in [-0.15, -0.1) is 0 Å². The van der Waals surface area contributed by atoms with E-state index in [9.17, 15) is 9.59 Å². The zero-order chi connectivity index (χ0) is 17.1. The highest BCUT2D eigenvalue weighted by atomic mass is 35.5. The van der Waals surface area contributed by atoms with Gasteiger partial charge in [-0.1, -0.05) is 29.8 Å². The van der Waals surface area contributed by atoms with Crippen molar-refractivity contribution in [2.75, 3.05) is 16.8 Å². The van der Waals surface area contributed by atoms with Gasteiger partial charge in [0.25, 0.3) is 0 Å². The first-order valence-electron chi connectivity index (χ1n) is 7.73. The molecule has 3 amide bonds. The Morgan fingerprint density at radius 1 is 1.21 bits per heavy atom. The number of amides is 3. The summed E-state index contributed by atoms with van der Waals surface area (Å²) in [5.74, 6) is 0.0560. The molecule has 6 heteroatoms. The number of nitrogens with zero attached hydrogens (tertiary/aromatic N) is 1. The molecular weight excluding hydrogens is 326 g/mol. The van der Waals surface area contributed by atoms with Crippen LogP contribution >= 0.6 is 11.6 Å². The van der Waals surface area contributed by atoms with Crippen molar-refractivity contribution in [3.05, 3.63) is 58.6 Å². The summed E-state index contributed by atoms with van der Waals surface area (Å²) in [6, 6.07) is 12.6. The summed E-state index contributed by atoms with van der Waals surface area (Å²) >= 11 is 5.89. The first-order valence-corrected chi connectivity index (χ1v) is 8.11. The van der Waals surface area contributed by atoms with Gasteiger partial charge in [-0.2, -0.15) is 0 Å². The Hall–Kier alpha value is -2.53. The molecule has 0 unspecified atom stereocenters. The van der Waals surface area contributed by atoms with Gasteiger partial charge < -0.3 is 15.5 Å². The van der Waals surface area contributed by atoms with Crippen LogP contribution in [0.2, 0.25) is 5.02 Å². The van der Waals surface area contributed by atoms with E-state index in [4.69, 9.17) is 11.6 Å². The molecule has 0 saturated carbocycles. The number of fused-ring (bicyclic) bond motifs is 1. The molecule has 2 aromatic rings. The third-order valence-electron chi connectivity index (χ3n) is 3.96. The number of carbonyl (C=O) groups is 2. The number of rotatable bonds is 3. The van der Waals surface area contributed by atoms with Crippen LogP contribution in [0.15, 0.2) is 42.5 Å². The minimum Gasteiger partial charge on any atom is -0.334 e. The normalized spacial score (nSPS) is 12.7. The highest BCUT2D eigenvalue weighted by Crippen LogP contribution is 2.28. The van der Waals surface area contributed by atoms with Crippen LogP contribution in [-0.4, -0.2) is 18.5 Å². The number of carbonyl (C=O) groups excluding carboxylic acids is 2. The van der Waals surface area contributed by atoms with Gasteiger partial charge in [0.1, 0.15) is 0 Å². The topological polar surface area (TPSA) is 61.4 Å². The quantitative estimate of drug-likeness (QED) is 0.895. The SMILES string of the molecule is CC(=O)N1CCc2cc(CNC(=O)Nc3cccc(Cl)c3)ccc21. The molecule has 1 aliphatic heterocycles. The van der Waals surface area contributed by atoms with Gasteiger partial charge in [-0.3, -0.25) is 4.79 Å². The van der Waals surface area contributed by atoms with Crippen LogP contribution in [0.25, 0.3) is 0 Å². The molecule has 5 nitrogen and oxygen atoms in total. The Bertz CT molecular complexity index is 792. The van der Waals surface area contributed by atoms with E-state index in [2.05, 4.69) is 10.6 Å². The molecule has 0 radical (unpaired) electrons. The van der Waals surface area contributed by atoms with Crippen molar-refractivity contribution >= 4 is 34.9 Å². The number of anilines is 2. The fourth-order valence-corrected chi connectivity index (χ4v) is 3.01. The molecule has 24 heavy (non-hydrogen) atoms. The summed E-state index contributed by atoms with van der Waals surface area (Å²) in [5, 5.41) is 6.13. The van der Waals surface area contributed by atoms with Gasteiger partial charge in [0.15, 0.2) is 0 Å². The van der Waals surface area contributed by atoms with Crippen molar-refractivity contribution in [1.82, 2.24) is 5.32 Å². The van der Waals surface area contributed by atoms with Crippen molar-refractivity contribution in [1.29, 1.82) is 0 Å². The van der Waals surface area contributed by atoms with E-state index in [-0.39, 0.29) is 11.9 Å². The van der Waals surface area contributed by atoms with Gasteiger partial charge in [0.05, 0.1) is 0 Å². The lowest BCUT2D eigenvalue weighted by atomic mass is 10.1. The fraction of sp³-hybridized carbons (Fsp3) is 0.222. The lowest BCUT2D eigenvalue weighted by molar-refractivity contribution is -0.116. The molecule has 0 aliphatic carbocycles. The summed E-state index contributed by atoms with van der Waals surface area (Å²) in [7, 11) is 0. The van der Waals surface area contributed by atoms with Gasteiger partial charge in [-0.05, 0) is 41.8 Å². The molecule has 0 atom stereocenters. The molecule has 124 valence electrons. The molecule has 1 aliphatic rings. The minimum absolute atomic E-state index is 0.0560. The Balaban J connectivity index is 1.59. The average molecular weight is 344 g/mol. The number of hydrogen-bond donors (Lipinski definition) is 2. The van der Waals surface area contributed by atoms with E-state index in [0.29, 0.717) is 17.3 Å². The van der Waals surface area contributed by atoms with Gasteiger partial charge >= 0.3 is 6.03 Å². The van der Waals surface area contributed by atoms with Crippen LogP contribution in [0, 0.1) is 0 Å². The standard InChI is InChI=1S/C18H18ClN3O2/c1-12(23)22-8-7-14-9-13(5-6-17(14)22)11-20-18(24)21-16-4-2-3-15(19)10-16/h2-6,9-10H,7-8,11H2,1H3,(H2,20,21,24). The van der Waals surface area contributed by atoms with Crippen LogP contribution in [-0.2, 0) is 17.8 Å². The largest absolute Gasteiger partial charge is 0.334 e. The smallest absolute Gasteiger partial charge is 0.319 e. The molecule has 0 fully saturated rings. The van der Waals surface area contributed by atoms with Crippen LogP contribution in [0.4, 0.5) is 16.2 Å². The highest BCUT2D eigenvalue weighted by Gasteiger charge is 2.21. The maximum atomic E-state index is 12.0. The second-order valence-corrected chi connectivity index (χ2v) is 6.14. The Morgan fingerprint density at radius 3 is 2.79 bits per heavy atom. The van der Waals surface area contributed by atoms with Crippen LogP contribution in [0.1, 0.15) is 18.1 Å². The van der Waals surface area contributed by atoms with Crippen molar-refractivity contribution in [3.8, 4) is 0 Å². The lowest BCUT2D eigenvalue weighted by Crippen LogP contribution is -2.28. The predicted octanol–water partition coefficient (Wildman–Crippen LogP) is 3.57. The summed E-state index contributed by atoms with van der Waals surface area (Å²) < 4.78 is 0. The third kappa shape index (κ3) is 3.68. The van der Waals surface area contributed by atoms with Crippen molar-refractivity contribution in [2.45, 2.75) is 19.9 Å². The fourth-order valence-electron chi connectivity index (χ4n) is 2.82. The van der Waals surface area contributed by atoms with E-state index in [1.54, 1.807) is 36.1 Å². The summed E-state index contributed by atoms with van der Waals surface area (Å²) in [6.07, 6.45) is 0.845. The lowest BCUT2D eigenvalue weighted by Gasteiger charge is -2.15. The molecule has 2 N–H and O–H groups in total. The van der Waals surface area contributed by atoms with Crippen LogP contribution in [0.5, 0.6) is 0 Å². The molecule has 1 heterocycles.